The van der Waals surface area contributed by atoms with Crippen molar-refractivity contribution in [2.75, 3.05) is 50.8 Å². The number of amides is 1. The number of alkyl halides is 3. The summed E-state index contributed by atoms with van der Waals surface area (Å²) in [6, 6.07) is 5.62. The van der Waals surface area contributed by atoms with E-state index in [2.05, 4.69) is 28.1 Å². The smallest absolute Gasteiger partial charge is 0.370 e. The summed E-state index contributed by atoms with van der Waals surface area (Å²) in [6.07, 6.45) is -0.192. The molecule has 1 N–H and O–H groups in total. The molecule has 0 aliphatic carbocycles. The van der Waals surface area contributed by atoms with Crippen molar-refractivity contribution in [1.29, 1.82) is 0 Å². The summed E-state index contributed by atoms with van der Waals surface area (Å²) in [5, 5.41) is 3.06. The fraction of sp³-hybridized carbons (Fsp3) is 0.609. The van der Waals surface area contributed by atoms with Crippen LogP contribution in [0.1, 0.15) is 25.3 Å². The maximum atomic E-state index is 13.0. The van der Waals surface area contributed by atoms with Crippen LogP contribution >= 0.6 is 0 Å². The summed E-state index contributed by atoms with van der Waals surface area (Å²) in [7, 11) is 0. The van der Waals surface area contributed by atoms with Gasteiger partial charge >= 0.3 is 6.18 Å². The lowest BCUT2D eigenvalue weighted by Crippen LogP contribution is -2.73. The summed E-state index contributed by atoms with van der Waals surface area (Å²) in [5.41, 5.74) is 0.187. The van der Waals surface area contributed by atoms with E-state index in [9.17, 15) is 18.0 Å². The highest BCUT2D eigenvalue weighted by Gasteiger charge is 2.53. The topological polar surface area (TPSA) is 48.1 Å². The molecule has 4 aliphatic rings. The van der Waals surface area contributed by atoms with Crippen LogP contribution in [0, 0.1) is 5.41 Å². The Labute approximate surface area is 186 Å². The number of nitrogens with one attached hydrogen (secondary N) is 1. The number of morpholine rings is 1. The summed E-state index contributed by atoms with van der Waals surface area (Å²) in [6.45, 7) is 7.26. The Morgan fingerprint density at radius 1 is 1.25 bits per heavy atom. The molecule has 2 atom stereocenters. The van der Waals surface area contributed by atoms with Crippen molar-refractivity contribution >= 4 is 11.6 Å². The predicted octanol–water partition coefficient (Wildman–Crippen LogP) is 2.67. The Morgan fingerprint density at radius 3 is 2.75 bits per heavy atom. The van der Waals surface area contributed by atoms with E-state index in [-0.39, 0.29) is 30.1 Å². The van der Waals surface area contributed by atoms with Gasteiger partial charge in [0.1, 0.15) is 6.61 Å². The number of hydrogen-bond acceptors (Lipinski definition) is 5. The molecule has 1 amide bonds. The number of fused-ring (bicyclic) bond motifs is 1. The first-order valence-corrected chi connectivity index (χ1v) is 11.3. The summed E-state index contributed by atoms with van der Waals surface area (Å²) >= 11 is 0. The molecule has 0 saturated carbocycles. The zero-order valence-electron chi connectivity index (χ0n) is 18.2. The molecule has 4 fully saturated rings. The van der Waals surface area contributed by atoms with E-state index < -0.39 is 11.7 Å². The van der Waals surface area contributed by atoms with E-state index in [1.54, 1.807) is 6.07 Å². The molecule has 32 heavy (non-hydrogen) atoms. The molecular formula is C23H29F3N4O2. The number of carbonyl (C=O) groups excluding carboxylic acids is 1. The van der Waals surface area contributed by atoms with Gasteiger partial charge in [0, 0.05) is 50.4 Å². The van der Waals surface area contributed by atoms with E-state index in [1.165, 1.54) is 18.0 Å². The molecule has 6 nitrogen and oxygen atoms in total. The van der Waals surface area contributed by atoms with Crippen LogP contribution in [0.25, 0.3) is 0 Å². The van der Waals surface area contributed by atoms with Crippen LogP contribution in [-0.4, -0.2) is 73.7 Å². The molecule has 174 valence electrons. The van der Waals surface area contributed by atoms with Crippen molar-refractivity contribution in [2.24, 2.45) is 5.41 Å². The molecule has 5 rings (SSSR count). The first-order chi connectivity index (χ1) is 15.3. The lowest BCUT2D eigenvalue weighted by atomic mass is 9.72. The maximum absolute atomic E-state index is 13.0. The molecule has 2 unspecified atom stereocenters. The molecule has 4 aliphatic heterocycles. The quantitative estimate of drug-likeness (QED) is 0.765. The summed E-state index contributed by atoms with van der Waals surface area (Å²) in [5.74, 6) is 1.15. The summed E-state index contributed by atoms with van der Waals surface area (Å²) < 4.78 is 44.8. The maximum Gasteiger partial charge on any atom is 0.416 e. The second-order valence-corrected chi connectivity index (χ2v) is 9.49. The van der Waals surface area contributed by atoms with Gasteiger partial charge in [0.25, 0.3) is 0 Å². The normalized spacial score (nSPS) is 27.6. The zero-order valence-corrected chi connectivity index (χ0v) is 18.2. The monoisotopic (exact) mass is 450 g/mol. The number of ether oxygens (including phenoxy) is 1. The Bertz CT molecular complexity index is 905. The van der Waals surface area contributed by atoms with Gasteiger partial charge in [-0.25, -0.2) is 0 Å². The Balaban J connectivity index is 1.19. The minimum absolute atomic E-state index is 0.0144. The van der Waals surface area contributed by atoms with Crippen LogP contribution in [0.3, 0.4) is 0 Å². The third kappa shape index (κ3) is 3.91. The van der Waals surface area contributed by atoms with Crippen LogP contribution in [0.2, 0.25) is 0 Å². The molecule has 4 saturated heterocycles. The van der Waals surface area contributed by atoms with E-state index in [1.807, 2.05) is 4.90 Å². The van der Waals surface area contributed by atoms with Crippen LogP contribution in [0.5, 0.6) is 0 Å². The highest BCUT2D eigenvalue weighted by atomic mass is 19.4. The van der Waals surface area contributed by atoms with Gasteiger partial charge in [0.2, 0.25) is 5.91 Å². The Kier molecular flexibility index (Phi) is 5.27. The fourth-order valence-electron chi connectivity index (χ4n) is 5.50. The van der Waals surface area contributed by atoms with Gasteiger partial charge in [-0.3, -0.25) is 4.79 Å². The van der Waals surface area contributed by atoms with Crippen LogP contribution in [0.4, 0.5) is 18.9 Å². The number of allylic oxidation sites excluding steroid dienone is 1. The minimum Gasteiger partial charge on any atom is -0.370 e. The van der Waals surface area contributed by atoms with Crippen molar-refractivity contribution in [2.45, 2.75) is 38.1 Å². The number of rotatable bonds is 4. The molecule has 1 spiro atoms. The molecule has 4 heterocycles. The zero-order chi connectivity index (χ0) is 22.5. The number of carbonyl (C=O) groups is 1. The number of piperidine rings is 1. The third-order valence-electron chi connectivity index (χ3n) is 7.00. The van der Waals surface area contributed by atoms with Gasteiger partial charge in [-0.05, 0) is 37.1 Å². The predicted molar refractivity (Wildman–Crippen MR) is 114 cm³/mol. The van der Waals surface area contributed by atoms with Crippen LogP contribution < -0.4 is 10.2 Å². The number of nitrogens with zero attached hydrogens (tertiary/aromatic N) is 3. The largest absolute Gasteiger partial charge is 0.416 e. The molecule has 0 radical (unpaired) electrons. The minimum atomic E-state index is -4.32. The number of anilines is 1. The molecule has 1 aromatic rings. The van der Waals surface area contributed by atoms with E-state index in [4.69, 9.17) is 4.74 Å². The first kappa shape index (κ1) is 21.4. The van der Waals surface area contributed by atoms with Gasteiger partial charge < -0.3 is 24.8 Å². The second kappa shape index (κ2) is 7.86. The molecular weight excluding hydrogens is 421 g/mol. The van der Waals surface area contributed by atoms with E-state index in [0.29, 0.717) is 5.69 Å². The Hall–Kier alpha value is -2.42. The van der Waals surface area contributed by atoms with Crippen molar-refractivity contribution < 1.29 is 22.7 Å². The number of hydrogen-bond donors (Lipinski definition) is 1. The molecule has 0 aromatic heterocycles. The van der Waals surface area contributed by atoms with Gasteiger partial charge in [-0.15, -0.1) is 0 Å². The lowest BCUT2D eigenvalue weighted by Gasteiger charge is -2.63. The average molecular weight is 451 g/mol. The standard InChI is InChI=1S/C23H29F3N4O2/c1-2-4-21(28-8-7-19-18(10-28)27-20(31)11-32-19)30-14-22(15-30)12-29(13-22)17-6-3-5-16(9-17)23(24,25)26/h3-6,9,18-19H,2,7-8,10-15H2,1H3,(H,27,31)/b21-4-. The van der Waals surface area contributed by atoms with Crippen molar-refractivity contribution in [3.8, 4) is 0 Å². The Morgan fingerprint density at radius 2 is 2.03 bits per heavy atom. The molecule has 1 aromatic carbocycles. The third-order valence-corrected chi connectivity index (χ3v) is 7.00. The lowest BCUT2D eigenvalue weighted by molar-refractivity contribution is -0.140. The highest BCUT2D eigenvalue weighted by molar-refractivity contribution is 5.78. The van der Waals surface area contributed by atoms with E-state index >= 15 is 0 Å². The van der Waals surface area contributed by atoms with Crippen molar-refractivity contribution in [1.82, 2.24) is 15.1 Å². The van der Waals surface area contributed by atoms with Gasteiger partial charge in [-0.2, -0.15) is 13.2 Å². The van der Waals surface area contributed by atoms with Gasteiger partial charge in [0.15, 0.2) is 0 Å². The molecule has 9 heteroatoms. The second-order valence-electron chi connectivity index (χ2n) is 9.49. The van der Waals surface area contributed by atoms with Crippen LogP contribution in [0.15, 0.2) is 36.2 Å². The first-order valence-electron chi connectivity index (χ1n) is 11.3. The summed E-state index contributed by atoms with van der Waals surface area (Å²) in [4.78, 5) is 18.5. The van der Waals surface area contributed by atoms with Crippen molar-refractivity contribution in [3.63, 3.8) is 0 Å². The number of halogens is 3. The number of likely N-dealkylation sites (tertiary alicyclic amines) is 2. The number of benzene rings is 1. The molecule has 0 bridgehead atoms. The van der Waals surface area contributed by atoms with Gasteiger partial charge in [0.05, 0.1) is 23.5 Å². The fourth-order valence-corrected chi connectivity index (χ4v) is 5.50. The van der Waals surface area contributed by atoms with Crippen LogP contribution in [-0.2, 0) is 15.7 Å². The average Bonchev–Trinajstić information content (AvgIpc) is 2.70. The SMILES string of the molecule is CC/C=C(/N1CCC2OCC(=O)NC2C1)N1CC2(C1)CN(c1cccc(C(F)(F)F)c1)C2. The highest BCUT2D eigenvalue weighted by Crippen LogP contribution is 2.45. The van der Waals surface area contributed by atoms with Crippen molar-refractivity contribution in [3.05, 3.63) is 41.7 Å². The van der Waals surface area contributed by atoms with Gasteiger partial charge in [-0.1, -0.05) is 13.0 Å². The van der Waals surface area contributed by atoms with E-state index in [0.717, 1.165) is 58.2 Å².